The summed E-state index contributed by atoms with van der Waals surface area (Å²) < 4.78 is 46.3. The van der Waals surface area contributed by atoms with E-state index in [0.29, 0.717) is 19.2 Å². The van der Waals surface area contributed by atoms with Crippen LogP contribution in [0.3, 0.4) is 0 Å². The SMILES string of the molecule is CN(C(O)OC(C)(C)C)[C@H]1CCCN(Cc2c(Cl)cc(C(=O)O)cc2C(F)(F)F)C1. The predicted octanol–water partition coefficient (Wildman–Crippen LogP) is 4.04. The van der Waals surface area contributed by atoms with E-state index in [1.54, 1.807) is 11.9 Å². The summed E-state index contributed by atoms with van der Waals surface area (Å²) in [6.07, 6.45) is -4.38. The molecule has 1 unspecified atom stereocenters. The van der Waals surface area contributed by atoms with E-state index in [-0.39, 0.29) is 23.2 Å². The van der Waals surface area contributed by atoms with Crippen molar-refractivity contribution in [3.63, 3.8) is 0 Å². The van der Waals surface area contributed by atoms with E-state index in [1.165, 1.54) is 0 Å². The normalized spacial score (nSPS) is 19.9. The number of benzene rings is 1. The summed E-state index contributed by atoms with van der Waals surface area (Å²) in [5.41, 5.74) is -2.25. The first kappa shape index (κ1) is 24.9. The van der Waals surface area contributed by atoms with E-state index >= 15 is 0 Å². The minimum absolute atomic E-state index is 0.0753. The Bertz CT molecular complexity index is 768. The lowest BCUT2D eigenvalue weighted by Crippen LogP contribution is -2.51. The zero-order chi connectivity index (χ0) is 22.9. The fraction of sp³-hybridized carbons (Fsp3) is 0.650. The maximum Gasteiger partial charge on any atom is 0.416 e. The molecular formula is C20H28ClF3N2O4. The topological polar surface area (TPSA) is 73.2 Å². The summed E-state index contributed by atoms with van der Waals surface area (Å²) in [4.78, 5) is 14.6. The van der Waals surface area contributed by atoms with Gasteiger partial charge in [-0.1, -0.05) is 11.6 Å². The number of halogens is 4. The third-order valence-corrected chi connectivity index (χ3v) is 5.33. The van der Waals surface area contributed by atoms with Gasteiger partial charge in [0, 0.05) is 24.2 Å². The van der Waals surface area contributed by atoms with Gasteiger partial charge in [-0.2, -0.15) is 13.2 Å². The molecule has 1 aliphatic heterocycles. The van der Waals surface area contributed by atoms with Gasteiger partial charge in [-0.3, -0.25) is 9.80 Å². The number of carboxylic acid groups (broad SMARTS) is 1. The molecule has 1 fully saturated rings. The van der Waals surface area contributed by atoms with Crippen molar-refractivity contribution in [3.05, 3.63) is 33.8 Å². The maximum absolute atomic E-state index is 13.6. The van der Waals surface area contributed by atoms with Crippen LogP contribution < -0.4 is 0 Å². The van der Waals surface area contributed by atoms with Gasteiger partial charge in [-0.05, 0) is 64.9 Å². The molecule has 30 heavy (non-hydrogen) atoms. The fourth-order valence-electron chi connectivity index (χ4n) is 3.48. The average molecular weight is 453 g/mol. The van der Waals surface area contributed by atoms with Gasteiger partial charge in [0.25, 0.3) is 0 Å². The van der Waals surface area contributed by atoms with Gasteiger partial charge in [-0.15, -0.1) is 0 Å². The average Bonchev–Trinajstić information content (AvgIpc) is 2.60. The molecular weight excluding hydrogens is 425 g/mol. The number of hydrogen-bond acceptors (Lipinski definition) is 5. The van der Waals surface area contributed by atoms with Crippen LogP contribution in [-0.2, 0) is 17.5 Å². The molecule has 0 radical (unpaired) electrons. The van der Waals surface area contributed by atoms with Crippen molar-refractivity contribution in [2.24, 2.45) is 0 Å². The number of hydrogen-bond donors (Lipinski definition) is 2. The van der Waals surface area contributed by atoms with E-state index in [4.69, 9.17) is 21.4 Å². The number of nitrogens with zero attached hydrogens (tertiary/aromatic N) is 2. The molecule has 0 aliphatic carbocycles. The molecule has 6 nitrogen and oxygen atoms in total. The van der Waals surface area contributed by atoms with E-state index in [9.17, 15) is 23.1 Å². The highest BCUT2D eigenvalue weighted by molar-refractivity contribution is 6.31. The van der Waals surface area contributed by atoms with Gasteiger partial charge in [0.05, 0.1) is 16.7 Å². The minimum Gasteiger partial charge on any atom is -0.478 e. The molecule has 0 aromatic heterocycles. The van der Waals surface area contributed by atoms with Crippen LogP contribution in [0, 0.1) is 0 Å². The standard InChI is InChI=1S/C20H28ClF3N2O4/c1-19(2,3)30-18(29)25(4)13-6-5-7-26(10-13)11-14-15(20(22,23)24)8-12(17(27)28)9-16(14)21/h8-9,13,18,29H,5-7,10-11H2,1-4H3,(H,27,28)/t13-,18?/m0/s1. The molecule has 1 aromatic carbocycles. The van der Waals surface area contributed by atoms with Crippen molar-refractivity contribution < 1.29 is 32.9 Å². The first-order valence-corrected chi connectivity index (χ1v) is 10.00. The third kappa shape index (κ3) is 6.55. The molecule has 0 spiro atoms. The Hall–Kier alpha value is -1.39. The summed E-state index contributed by atoms with van der Waals surface area (Å²) >= 11 is 6.07. The monoisotopic (exact) mass is 452 g/mol. The Morgan fingerprint density at radius 2 is 2.00 bits per heavy atom. The number of piperidine rings is 1. The van der Waals surface area contributed by atoms with Crippen LogP contribution in [0.4, 0.5) is 13.2 Å². The lowest BCUT2D eigenvalue weighted by atomic mass is 10.00. The molecule has 0 saturated carbocycles. The van der Waals surface area contributed by atoms with E-state index in [0.717, 1.165) is 18.9 Å². The molecule has 0 bridgehead atoms. The minimum atomic E-state index is -4.73. The quantitative estimate of drug-likeness (QED) is 0.634. The molecule has 2 N–H and O–H groups in total. The lowest BCUT2D eigenvalue weighted by Gasteiger charge is -2.40. The number of rotatable bonds is 6. The third-order valence-electron chi connectivity index (χ3n) is 4.99. The number of likely N-dealkylation sites (tertiary alicyclic amines) is 1. The van der Waals surface area contributed by atoms with Gasteiger partial charge in [0.15, 0.2) is 0 Å². The number of ether oxygens (including phenoxy) is 1. The highest BCUT2D eigenvalue weighted by Crippen LogP contribution is 2.37. The number of aliphatic hydroxyl groups is 1. The molecule has 0 amide bonds. The van der Waals surface area contributed by atoms with Crippen LogP contribution in [0.2, 0.25) is 5.02 Å². The Morgan fingerprint density at radius 3 is 2.53 bits per heavy atom. The maximum atomic E-state index is 13.6. The first-order chi connectivity index (χ1) is 13.7. The van der Waals surface area contributed by atoms with Crippen molar-refractivity contribution in [1.82, 2.24) is 9.80 Å². The second-order valence-electron chi connectivity index (χ2n) is 8.54. The molecule has 1 heterocycles. The second kappa shape index (κ2) is 9.40. The molecule has 1 aromatic rings. The lowest BCUT2D eigenvalue weighted by molar-refractivity contribution is -0.244. The largest absolute Gasteiger partial charge is 0.478 e. The van der Waals surface area contributed by atoms with Crippen LogP contribution >= 0.6 is 11.6 Å². The summed E-state index contributed by atoms with van der Waals surface area (Å²) in [5, 5.41) is 19.2. The van der Waals surface area contributed by atoms with Crippen LogP contribution in [0.15, 0.2) is 12.1 Å². The highest BCUT2D eigenvalue weighted by Gasteiger charge is 2.37. The molecule has 170 valence electrons. The number of carbonyl (C=O) groups is 1. The molecule has 10 heteroatoms. The Labute approximate surface area is 179 Å². The van der Waals surface area contributed by atoms with Gasteiger partial charge >= 0.3 is 12.1 Å². The summed E-state index contributed by atoms with van der Waals surface area (Å²) in [6, 6.07) is 1.54. The molecule has 2 atom stereocenters. The highest BCUT2D eigenvalue weighted by atomic mass is 35.5. The van der Waals surface area contributed by atoms with Crippen molar-refractivity contribution in [2.45, 2.75) is 64.4 Å². The fourth-order valence-corrected chi connectivity index (χ4v) is 3.76. The van der Waals surface area contributed by atoms with Crippen LogP contribution in [0.1, 0.15) is 55.1 Å². The van der Waals surface area contributed by atoms with Crippen molar-refractivity contribution in [3.8, 4) is 0 Å². The van der Waals surface area contributed by atoms with Gasteiger partial charge in [0.1, 0.15) is 0 Å². The van der Waals surface area contributed by atoms with Crippen LogP contribution in [0.25, 0.3) is 0 Å². The number of alkyl halides is 3. The van der Waals surface area contributed by atoms with Gasteiger partial charge in [0.2, 0.25) is 6.41 Å². The number of aromatic carboxylic acids is 1. The predicted molar refractivity (Wildman–Crippen MR) is 106 cm³/mol. The van der Waals surface area contributed by atoms with E-state index < -0.39 is 35.3 Å². The molecule has 1 saturated heterocycles. The Balaban J connectivity index is 2.21. The molecule has 2 rings (SSSR count). The van der Waals surface area contributed by atoms with Crippen LogP contribution in [0.5, 0.6) is 0 Å². The first-order valence-electron chi connectivity index (χ1n) is 9.62. The smallest absolute Gasteiger partial charge is 0.416 e. The van der Waals surface area contributed by atoms with Crippen molar-refractivity contribution in [2.75, 3.05) is 20.1 Å². The van der Waals surface area contributed by atoms with Gasteiger partial charge < -0.3 is 14.9 Å². The van der Waals surface area contributed by atoms with Crippen molar-refractivity contribution in [1.29, 1.82) is 0 Å². The second-order valence-corrected chi connectivity index (χ2v) is 8.95. The van der Waals surface area contributed by atoms with E-state index in [1.807, 2.05) is 25.7 Å². The summed E-state index contributed by atoms with van der Waals surface area (Å²) in [5.74, 6) is -1.47. The number of aliphatic hydroxyl groups excluding tert-OH is 1. The van der Waals surface area contributed by atoms with Crippen molar-refractivity contribution >= 4 is 17.6 Å². The zero-order valence-electron chi connectivity index (χ0n) is 17.5. The van der Waals surface area contributed by atoms with Crippen LogP contribution in [-0.4, -0.2) is 64.2 Å². The zero-order valence-corrected chi connectivity index (χ0v) is 18.2. The summed E-state index contributed by atoms with van der Waals surface area (Å²) in [6.45, 7) is 6.36. The number of likely N-dealkylation sites (N-methyl/N-ethyl adjacent to an activating group) is 1. The summed E-state index contributed by atoms with van der Waals surface area (Å²) in [7, 11) is 1.71. The Kier molecular flexibility index (Phi) is 7.79. The Morgan fingerprint density at radius 1 is 1.37 bits per heavy atom. The number of carboxylic acids is 1. The van der Waals surface area contributed by atoms with E-state index in [2.05, 4.69) is 0 Å². The molecule has 1 aliphatic rings. The van der Waals surface area contributed by atoms with Gasteiger partial charge in [-0.25, -0.2) is 4.79 Å².